The number of nitrogens with two attached hydrogens (primary N) is 1. The number of thioether (sulfide) groups is 1. The molecule has 26 heteroatoms. The molecule has 1 aliphatic heterocycles. The van der Waals surface area contributed by atoms with Crippen molar-refractivity contribution in [1.29, 1.82) is 0 Å². The monoisotopic (exact) mass is 1170 g/mol. The molecule has 11 N–H and O–H groups in total. The van der Waals surface area contributed by atoms with Gasteiger partial charge in [0.05, 0.1) is 56.1 Å². The van der Waals surface area contributed by atoms with Crippen LogP contribution in [-0.2, 0) is 40.1 Å². The fourth-order valence-electron chi connectivity index (χ4n) is 9.70. The molecule has 2 aliphatic carbocycles. The number of hydrogen-bond donors (Lipinski definition) is 10. The van der Waals surface area contributed by atoms with Crippen LogP contribution in [0.25, 0.3) is 5.57 Å². The Morgan fingerprint density at radius 1 is 0.831 bits per heavy atom. The van der Waals surface area contributed by atoms with Crippen LogP contribution < -0.4 is 32.3 Å². The summed E-state index contributed by atoms with van der Waals surface area (Å²) in [5.41, 5.74) is 6.63. The number of aromatic hydroxyl groups is 2. The van der Waals surface area contributed by atoms with Crippen LogP contribution in [-0.4, -0.2) is 189 Å². The van der Waals surface area contributed by atoms with Crippen molar-refractivity contribution in [2.75, 3.05) is 89.3 Å². The molecule has 0 spiro atoms. The van der Waals surface area contributed by atoms with Crippen molar-refractivity contribution in [1.82, 2.24) is 40.9 Å². The predicted octanol–water partition coefficient (Wildman–Crippen LogP) is 2.41. The average Bonchev–Trinajstić information content (AvgIpc) is 2.49. The molecule has 1 heterocycles. The highest BCUT2D eigenvalue weighted by atomic mass is 32.2. The van der Waals surface area contributed by atoms with Gasteiger partial charge in [-0.05, 0) is 85.6 Å². The molecule has 0 saturated carbocycles. The molecule has 1 fully saturated rings. The van der Waals surface area contributed by atoms with E-state index in [1.807, 2.05) is 6.08 Å². The molecule has 1 unspecified atom stereocenters. The number of allylic oxidation sites excluding steroid dienone is 3. The minimum Gasteiger partial charge on any atom is -0.507 e. The summed E-state index contributed by atoms with van der Waals surface area (Å²) in [6, 6.07) is 4.15. The number of carbonyl (C=O) groups is 10. The number of anilines is 1. The quantitative estimate of drug-likeness (QED) is 0.0286. The molecule has 450 valence electrons. The maximum absolute atomic E-state index is 13.9. The maximum Gasteiger partial charge on any atom is 0.410 e. The number of phenols is 2. The fourth-order valence-corrected chi connectivity index (χ4v) is 10.4. The number of Topliss-reactive ketones (excluding diaryl/α,β-unsaturated/α-hetero) is 1. The number of benzene rings is 2. The molecular formula is C57H76N10O15S. The van der Waals surface area contributed by atoms with Crippen LogP contribution in [0.5, 0.6) is 11.5 Å². The van der Waals surface area contributed by atoms with E-state index >= 15 is 0 Å². The number of phenolic OH excluding ortho intramolecular Hbond substituents is 2. The minimum atomic E-state index is -0.968. The minimum absolute atomic E-state index is 0.00836. The second kappa shape index (κ2) is 32.7. The summed E-state index contributed by atoms with van der Waals surface area (Å²) in [6.45, 7) is 11.1. The number of amides is 8. The molecule has 5 rings (SSSR count). The number of ketones is 3. The Hall–Kier alpha value is -7.91. The normalized spacial score (nSPS) is 15.3. The summed E-state index contributed by atoms with van der Waals surface area (Å²) in [4.78, 5) is 135. The van der Waals surface area contributed by atoms with Gasteiger partial charge in [0, 0.05) is 86.6 Å². The summed E-state index contributed by atoms with van der Waals surface area (Å²) < 4.78 is 5.61. The van der Waals surface area contributed by atoms with Crippen LogP contribution in [0.4, 0.5) is 15.3 Å². The molecule has 83 heavy (non-hydrogen) atoms. The zero-order valence-electron chi connectivity index (χ0n) is 46.8. The lowest BCUT2D eigenvalue weighted by atomic mass is 9.78. The number of rotatable bonds is 32. The molecule has 0 aromatic heterocycles. The maximum atomic E-state index is 13.9. The van der Waals surface area contributed by atoms with Gasteiger partial charge in [0.15, 0.2) is 17.3 Å². The summed E-state index contributed by atoms with van der Waals surface area (Å²) in [5, 5.41) is 56.5. The Labute approximate surface area is 485 Å². The van der Waals surface area contributed by atoms with E-state index in [-0.39, 0.29) is 137 Å². The van der Waals surface area contributed by atoms with Crippen molar-refractivity contribution in [2.24, 2.45) is 17.6 Å². The summed E-state index contributed by atoms with van der Waals surface area (Å²) in [5.74, 6) is -5.91. The number of urea groups is 1. The summed E-state index contributed by atoms with van der Waals surface area (Å²) in [6.07, 6.45) is 6.49. The number of ether oxygens (including phenoxy) is 1. The lowest BCUT2D eigenvalue weighted by Crippen LogP contribution is -2.59. The summed E-state index contributed by atoms with van der Waals surface area (Å²) in [7, 11) is 0. The Morgan fingerprint density at radius 3 is 2.10 bits per heavy atom. The Kier molecular flexibility index (Phi) is 25.9. The third-order valence-corrected chi connectivity index (χ3v) is 14.9. The van der Waals surface area contributed by atoms with Crippen LogP contribution in [0.2, 0.25) is 0 Å². The zero-order valence-corrected chi connectivity index (χ0v) is 47.6. The number of carbonyl (C=O) groups excluding carboxylic acids is 10. The van der Waals surface area contributed by atoms with Gasteiger partial charge in [-0.25, -0.2) is 9.59 Å². The second-order valence-corrected chi connectivity index (χ2v) is 21.3. The van der Waals surface area contributed by atoms with Gasteiger partial charge in [0.25, 0.3) is 0 Å². The van der Waals surface area contributed by atoms with Gasteiger partial charge in [-0.3, -0.25) is 38.4 Å². The van der Waals surface area contributed by atoms with Crippen molar-refractivity contribution in [2.45, 2.75) is 77.5 Å². The van der Waals surface area contributed by atoms with Gasteiger partial charge in [-0.1, -0.05) is 45.2 Å². The Morgan fingerprint density at radius 2 is 1.48 bits per heavy atom. The predicted molar refractivity (Wildman–Crippen MR) is 308 cm³/mol. The third kappa shape index (κ3) is 18.8. The molecule has 0 bridgehead atoms. The number of fused-ring (bicyclic) bond motifs is 2. The van der Waals surface area contributed by atoms with Crippen molar-refractivity contribution in [3.63, 3.8) is 0 Å². The first-order valence-electron chi connectivity index (χ1n) is 27.3. The molecule has 3 atom stereocenters. The van der Waals surface area contributed by atoms with E-state index in [0.717, 1.165) is 36.1 Å². The molecule has 2 aromatic carbocycles. The number of hydrogen-bond acceptors (Lipinski definition) is 18. The van der Waals surface area contributed by atoms with Crippen molar-refractivity contribution in [3.05, 3.63) is 95.6 Å². The van der Waals surface area contributed by atoms with Crippen molar-refractivity contribution >= 4 is 82.0 Å². The lowest BCUT2D eigenvalue weighted by molar-refractivity contribution is -0.154. The zero-order chi connectivity index (χ0) is 60.8. The van der Waals surface area contributed by atoms with Gasteiger partial charge in [0.1, 0.15) is 18.1 Å². The van der Waals surface area contributed by atoms with Gasteiger partial charge in [-0.15, -0.1) is 0 Å². The average molecular weight is 1170 g/mol. The van der Waals surface area contributed by atoms with E-state index in [1.54, 1.807) is 38.1 Å². The highest BCUT2D eigenvalue weighted by molar-refractivity contribution is 7.99. The standard InChI is InChI=1S/C57H76N10O15S/c1-5-45(74)65-32-66(46(75)6-2)34-67(33-65)47(76)19-28-83-31-44(73)63-52(35(3)4)43(72)29-38(9-7-20-61-56(58)80)55(79)62-39-14-11-36(12-15-39)30-82-57(81)64(25-27-69)24-8-10-37-13-16-40(60-22-21-59-23-26-68)49-48(37)53(77)50-41(70)17-18-42(71)51(50)54(49)78/h5-6,11-15,17-18,35,38,40,52,59-60,68-69,77-78H,1-2,7-10,16,19-34H2,3-4H3,(H,62,79)(H,63,73)(H3,58,61,80)/t38-,40?,52+/m1/s1. The second-order valence-electron chi connectivity index (χ2n) is 20.2. The van der Waals surface area contributed by atoms with Crippen LogP contribution in [0.3, 0.4) is 0 Å². The van der Waals surface area contributed by atoms with E-state index in [0.29, 0.717) is 49.3 Å². The smallest absolute Gasteiger partial charge is 0.410 e. The van der Waals surface area contributed by atoms with Gasteiger partial charge in [-0.2, -0.15) is 11.8 Å². The highest BCUT2D eigenvalue weighted by Gasteiger charge is 2.37. The number of nitrogens with zero attached hydrogens (tertiary/aromatic N) is 4. The molecule has 25 nitrogen and oxygen atoms in total. The first-order chi connectivity index (χ1) is 39.7. The van der Waals surface area contributed by atoms with E-state index in [9.17, 15) is 63.3 Å². The fraction of sp³-hybridized carbons (Fsp3) is 0.474. The number of aliphatic hydroxyl groups is 2. The van der Waals surface area contributed by atoms with E-state index in [4.69, 9.17) is 15.6 Å². The lowest BCUT2D eigenvalue weighted by Gasteiger charge is -2.41. The van der Waals surface area contributed by atoms with E-state index in [1.165, 1.54) is 19.6 Å². The number of primary amides is 1. The summed E-state index contributed by atoms with van der Waals surface area (Å²) >= 11 is 1.15. The molecule has 1 saturated heterocycles. The van der Waals surface area contributed by atoms with Crippen LogP contribution in [0.1, 0.15) is 102 Å². The van der Waals surface area contributed by atoms with Crippen molar-refractivity contribution < 1.29 is 73.1 Å². The van der Waals surface area contributed by atoms with Crippen LogP contribution >= 0.6 is 11.8 Å². The number of nitrogens with one attached hydrogen (secondary N) is 5. The SMILES string of the molecule is C=CC(=O)N1CN(C(=O)C=C)CN(C(=O)CCSCC(=O)N[C@H](C(=O)C[C@@H](CCCNC(N)=O)C(=O)Nc2ccc(COC(=O)N(CCO)CCCC3=CCC(NCCNCCO)c4c(O)c5c(c(O)c43)C(=O)C=CC5=O)cc2)C(C)C)C1. The van der Waals surface area contributed by atoms with E-state index in [2.05, 4.69) is 39.7 Å². The Balaban J connectivity index is 1.14. The number of aliphatic hydroxyl groups excluding tert-OH is 2. The van der Waals surface area contributed by atoms with E-state index < -0.39 is 82.6 Å². The van der Waals surface area contributed by atoms with Crippen molar-refractivity contribution in [3.8, 4) is 11.5 Å². The topological polar surface area (TPSA) is 360 Å². The molecule has 0 radical (unpaired) electrons. The molecule has 3 aliphatic rings. The van der Waals surface area contributed by atoms with Gasteiger partial charge in [0.2, 0.25) is 29.5 Å². The molecule has 2 aromatic rings. The molecular weight excluding hydrogens is 1100 g/mol. The first-order valence-corrected chi connectivity index (χ1v) is 28.5. The van der Waals surface area contributed by atoms with Crippen LogP contribution in [0.15, 0.2) is 67.8 Å². The van der Waals surface area contributed by atoms with Gasteiger partial charge < -0.3 is 77.1 Å². The third-order valence-electron chi connectivity index (χ3n) is 13.9. The van der Waals surface area contributed by atoms with Crippen LogP contribution in [0, 0.1) is 11.8 Å². The Bertz CT molecular complexity index is 2780. The largest absolute Gasteiger partial charge is 0.507 e. The first kappa shape index (κ1) is 65.9. The molecule has 8 amide bonds. The highest BCUT2D eigenvalue weighted by Crippen LogP contribution is 2.49. The van der Waals surface area contributed by atoms with Gasteiger partial charge >= 0.3 is 12.1 Å².